The zero-order chi connectivity index (χ0) is 22.1. The van der Waals surface area contributed by atoms with Crippen LogP contribution < -0.4 is 0 Å². The summed E-state index contributed by atoms with van der Waals surface area (Å²) in [6.45, 7) is 1.00. The largest absolute Gasteiger partial charge is 0.465 e. The Morgan fingerprint density at radius 1 is 1.27 bits per heavy atom. The lowest BCUT2D eigenvalue weighted by Gasteiger charge is -2.04. The van der Waals surface area contributed by atoms with E-state index in [2.05, 4.69) is 15.2 Å². The van der Waals surface area contributed by atoms with Gasteiger partial charge in [-0.05, 0) is 19.1 Å². The van der Waals surface area contributed by atoms with Crippen LogP contribution in [-0.4, -0.2) is 47.2 Å². The molecule has 13 heteroatoms. The minimum Gasteiger partial charge on any atom is -0.465 e. The predicted molar refractivity (Wildman–Crippen MR) is 95.7 cm³/mol. The van der Waals surface area contributed by atoms with Gasteiger partial charge in [-0.1, -0.05) is 17.3 Å². The molecule has 0 spiro atoms. The highest BCUT2D eigenvalue weighted by Crippen LogP contribution is 2.32. The molecule has 1 aromatic carbocycles. The molecule has 0 aliphatic heterocycles. The molecule has 2 aromatic heterocycles. The van der Waals surface area contributed by atoms with Crippen LogP contribution in [0.3, 0.4) is 0 Å². The summed E-state index contributed by atoms with van der Waals surface area (Å²) in [5.74, 6) is -1.17. The van der Waals surface area contributed by atoms with Crippen molar-refractivity contribution in [1.82, 2.24) is 19.9 Å². The highest BCUT2D eigenvalue weighted by Gasteiger charge is 2.36. The van der Waals surface area contributed by atoms with Crippen LogP contribution >= 0.6 is 0 Å². The zero-order valence-corrected chi connectivity index (χ0v) is 16.5. The number of rotatable bonds is 6. The first-order valence-electron chi connectivity index (χ1n) is 8.44. The number of esters is 1. The topological polar surface area (TPSA) is 117 Å². The van der Waals surface area contributed by atoms with Crippen LogP contribution in [0.4, 0.5) is 13.2 Å². The van der Waals surface area contributed by atoms with Crippen LogP contribution in [0, 0.1) is 0 Å². The van der Waals surface area contributed by atoms with Crippen molar-refractivity contribution < 1.29 is 35.6 Å². The number of hydrogen-bond acceptors (Lipinski definition) is 8. The van der Waals surface area contributed by atoms with Gasteiger partial charge in [0.25, 0.3) is 5.89 Å². The molecule has 3 aromatic rings. The molecule has 30 heavy (non-hydrogen) atoms. The fourth-order valence-electron chi connectivity index (χ4n) is 2.49. The lowest BCUT2D eigenvalue weighted by Crippen LogP contribution is -2.16. The maximum Gasteiger partial charge on any atom is 0.435 e. The highest BCUT2D eigenvalue weighted by molar-refractivity contribution is 7.90. The Balaban J connectivity index is 2.02. The van der Waals surface area contributed by atoms with Gasteiger partial charge in [0.05, 0.1) is 11.5 Å². The van der Waals surface area contributed by atoms with Crippen LogP contribution in [0.2, 0.25) is 0 Å². The number of ether oxygens (including phenoxy) is 1. The number of nitrogens with zero attached hydrogens (tertiary/aromatic N) is 4. The second kappa shape index (κ2) is 7.89. The number of carbonyl (C=O) groups excluding carboxylic acids is 1. The highest BCUT2D eigenvalue weighted by atomic mass is 32.2. The standard InChI is InChI=1S/C17H15F3N4O5S/c1-3-28-14(25)9-24-12(8-13(22-24)17(18,19)20)16-21-15(23-29-16)10-5-4-6-11(7-10)30(2,26)27/h4-8H,3,9H2,1-2H3. The minimum absolute atomic E-state index is 0.0121. The number of sulfone groups is 1. The number of halogens is 3. The maximum atomic E-state index is 13.1. The SMILES string of the molecule is CCOC(=O)Cn1nc(C(F)(F)F)cc1-c1nc(-c2cccc(S(C)(=O)=O)c2)no1. The molecular formula is C17H15F3N4O5S. The third kappa shape index (κ3) is 4.67. The Bertz CT molecular complexity index is 1180. The molecule has 0 aliphatic carbocycles. The molecule has 0 unspecified atom stereocenters. The number of hydrogen-bond donors (Lipinski definition) is 0. The second-order valence-electron chi connectivity index (χ2n) is 6.10. The molecule has 0 amide bonds. The zero-order valence-electron chi connectivity index (χ0n) is 15.7. The van der Waals surface area contributed by atoms with Crippen LogP contribution in [0.25, 0.3) is 23.0 Å². The van der Waals surface area contributed by atoms with Crippen molar-refractivity contribution in [1.29, 1.82) is 0 Å². The number of alkyl halides is 3. The summed E-state index contributed by atoms with van der Waals surface area (Å²) in [5, 5.41) is 7.09. The summed E-state index contributed by atoms with van der Waals surface area (Å²) >= 11 is 0. The fraction of sp³-hybridized carbons (Fsp3) is 0.294. The molecular weight excluding hydrogens is 429 g/mol. The molecule has 160 valence electrons. The Morgan fingerprint density at radius 3 is 2.63 bits per heavy atom. The third-order valence-electron chi connectivity index (χ3n) is 3.82. The summed E-state index contributed by atoms with van der Waals surface area (Å²) < 4.78 is 73.3. The van der Waals surface area contributed by atoms with E-state index in [9.17, 15) is 26.4 Å². The number of aromatic nitrogens is 4. The van der Waals surface area contributed by atoms with Gasteiger partial charge < -0.3 is 9.26 Å². The van der Waals surface area contributed by atoms with E-state index in [-0.39, 0.29) is 34.5 Å². The summed E-state index contributed by atoms with van der Waals surface area (Å²) in [6.07, 6.45) is -3.73. The first-order chi connectivity index (χ1) is 14.0. The summed E-state index contributed by atoms with van der Waals surface area (Å²) in [7, 11) is -3.49. The summed E-state index contributed by atoms with van der Waals surface area (Å²) in [5.41, 5.74) is -1.21. The fourth-order valence-corrected chi connectivity index (χ4v) is 3.15. The van der Waals surface area contributed by atoms with E-state index in [0.29, 0.717) is 6.07 Å². The van der Waals surface area contributed by atoms with E-state index in [1.165, 1.54) is 24.3 Å². The molecule has 0 atom stereocenters. The van der Waals surface area contributed by atoms with Crippen molar-refractivity contribution in [3.8, 4) is 23.0 Å². The maximum absolute atomic E-state index is 13.1. The Labute approximate surface area is 168 Å². The van der Waals surface area contributed by atoms with Gasteiger partial charge in [-0.25, -0.2) is 13.1 Å². The molecule has 0 aliphatic rings. The van der Waals surface area contributed by atoms with E-state index in [0.717, 1.165) is 10.9 Å². The smallest absolute Gasteiger partial charge is 0.435 e. The second-order valence-corrected chi connectivity index (χ2v) is 8.11. The van der Waals surface area contributed by atoms with Gasteiger partial charge >= 0.3 is 12.1 Å². The van der Waals surface area contributed by atoms with Crippen LogP contribution in [-0.2, 0) is 32.1 Å². The van der Waals surface area contributed by atoms with Crippen molar-refractivity contribution in [2.75, 3.05) is 12.9 Å². The average Bonchev–Trinajstić information content (AvgIpc) is 3.28. The Kier molecular flexibility index (Phi) is 5.65. The van der Waals surface area contributed by atoms with Crippen molar-refractivity contribution >= 4 is 15.8 Å². The molecule has 3 rings (SSSR count). The van der Waals surface area contributed by atoms with Crippen LogP contribution in [0.15, 0.2) is 39.8 Å². The van der Waals surface area contributed by atoms with Crippen molar-refractivity contribution in [3.63, 3.8) is 0 Å². The molecule has 0 radical (unpaired) electrons. The quantitative estimate of drug-likeness (QED) is 0.533. The number of carbonyl (C=O) groups is 1. The van der Waals surface area contributed by atoms with Gasteiger partial charge in [-0.2, -0.15) is 23.3 Å². The first-order valence-corrected chi connectivity index (χ1v) is 10.3. The van der Waals surface area contributed by atoms with E-state index in [1.54, 1.807) is 6.92 Å². The monoisotopic (exact) mass is 444 g/mol. The summed E-state index contributed by atoms with van der Waals surface area (Å²) in [4.78, 5) is 15.8. The van der Waals surface area contributed by atoms with Crippen molar-refractivity contribution in [3.05, 3.63) is 36.0 Å². The minimum atomic E-state index is -4.76. The molecule has 0 saturated heterocycles. The van der Waals surface area contributed by atoms with Crippen molar-refractivity contribution in [2.45, 2.75) is 24.5 Å². The lowest BCUT2D eigenvalue weighted by molar-refractivity contribution is -0.146. The normalized spacial score (nSPS) is 12.2. The first kappa shape index (κ1) is 21.5. The van der Waals surface area contributed by atoms with E-state index in [4.69, 9.17) is 9.26 Å². The third-order valence-corrected chi connectivity index (χ3v) is 4.93. The Morgan fingerprint density at radius 2 is 2.00 bits per heavy atom. The average molecular weight is 444 g/mol. The van der Waals surface area contributed by atoms with Gasteiger partial charge in [0, 0.05) is 17.9 Å². The molecule has 0 saturated carbocycles. The van der Waals surface area contributed by atoms with E-state index in [1.807, 2.05) is 0 Å². The van der Waals surface area contributed by atoms with Crippen LogP contribution in [0.5, 0.6) is 0 Å². The Hall–Kier alpha value is -3.22. The molecule has 0 bridgehead atoms. The van der Waals surface area contributed by atoms with Gasteiger partial charge in [0.1, 0.15) is 12.2 Å². The lowest BCUT2D eigenvalue weighted by atomic mass is 10.2. The van der Waals surface area contributed by atoms with Gasteiger partial charge in [0.2, 0.25) is 5.82 Å². The molecule has 2 heterocycles. The molecule has 0 N–H and O–H groups in total. The van der Waals surface area contributed by atoms with Gasteiger partial charge in [0.15, 0.2) is 15.5 Å². The number of benzene rings is 1. The van der Waals surface area contributed by atoms with E-state index < -0.39 is 34.2 Å². The predicted octanol–water partition coefficient (Wildman–Crippen LogP) is 2.59. The van der Waals surface area contributed by atoms with E-state index >= 15 is 0 Å². The molecule has 9 nitrogen and oxygen atoms in total. The molecule has 0 fully saturated rings. The van der Waals surface area contributed by atoms with Gasteiger partial charge in [-0.3, -0.25) is 4.79 Å². The van der Waals surface area contributed by atoms with Crippen LogP contribution in [0.1, 0.15) is 12.6 Å². The van der Waals surface area contributed by atoms with Gasteiger partial charge in [-0.15, -0.1) is 0 Å². The summed E-state index contributed by atoms with van der Waals surface area (Å²) in [6, 6.07) is 6.34. The van der Waals surface area contributed by atoms with Crippen molar-refractivity contribution in [2.24, 2.45) is 0 Å².